The maximum Gasteiger partial charge on any atom is 0.230 e. The van der Waals surface area contributed by atoms with Crippen molar-refractivity contribution in [1.82, 2.24) is 4.90 Å². The van der Waals surface area contributed by atoms with E-state index >= 15 is 0 Å². The van der Waals surface area contributed by atoms with Crippen LogP contribution in [0.3, 0.4) is 0 Å². The van der Waals surface area contributed by atoms with Crippen molar-refractivity contribution >= 4 is 5.91 Å². The van der Waals surface area contributed by atoms with E-state index < -0.39 is 5.60 Å². The first-order valence-electron chi connectivity index (χ1n) is 7.21. The third-order valence-corrected chi connectivity index (χ3v) is 4.62. The zero-order chi connectivity index (χ0) is 13.2. The van der Waals surface area contributed by atoms with Gasteiger partial charge in [0, 0.05) is 19.6 Å². The zero-order valence-corrected chi connectivity index (χ0v) is 11.5. The van der Waals surface area contributed by atoms with Crippen LogP contribution in [0, 0.1) is 5.41 Å². The summed E-state index contributed by atoms with van der Waals surface area (Å²) in [5.41, 5.74) is 4.84. The van der Waals surface area contributed by atoms with Crippen LogP contribution in [0.2, 0.25) is 0 Å². The van der Waals surface area contributed by atoms with Crippen LogP contribution in [0.4, 0.5) is 0 Å². The summed E-state index contributed by atoms with van der Waals surface area (Å²) >= 11 is 0. The van der Waals surface area contributed by atoms with Gasteiger partial charge < -0.3 is 15.7 Å². The number of hydrogen-bond acceptors (Lipinski definition) is 3. The molecule has 18 heavy (non-hydrogen) atoms. The molecule has 0 aromatic heterocycles. The second-order valence-electron chi connectivity index (χ2n) is 6.37. The van der Waals surface area contributed by atoms with E-state index in [9.17, 15) is 9.90 Å². The second kappa shape index (κ2) is 5.17. The molecule has 104 valence electrons. The predicted molar refractivity (Wildman–Crippen MR) is 71.0 cm³/mol. The molecule has 1 atom stereocenters. The number of rotatable bonds is 2. The fourth-order valence-electron chi connectivity index (χ4n) is 3.46. The first-order valence-corrected chi connectivity index (χ1v) is 7.21. The summed E-state index contributed by atoms with van der Waals surface area (Å²) < 4.78 is 0. The van der Waals surface area contributed by atoms with Crippen molar-refractivity contribution in [3.8, 4) is 0 Å². The van der Waals surface area contributed by atoms with Crippen molar-refractivity contribution in [1.29, 1.82) is 0 Å². The molecule has 1 heterocycles. The topological polar surface area (TPSA) is 66.6 Å². The van der Waals surface area contributed by atoms with E-state index in [1.165, 1.54) is 6.42 Å². The largest absolute Gasteiger partial charge is 0.388 e. The quantitative estimate of drug-likeness (QED) is 0.780. The smallest absolute Gasteiger partial charge is 0.230 e. The zero-order valence-electron chi connectivity index (χ0n) is 11.5. The monoisotopic (exact) mass is 254 g/mol. The first kappa shape index (κ1) is 13.8. The number of carbonyl (C=O) groups is 1. The van der Waals surface area contributed by atoms with Crippen LogP contribution >= 0.6 is 0 Å². The van der Waals surface area contributed by atoms with E-state index in [4.69, 9.17) is 5.73 Å². The first-order chi connectivity index (χ1) is 8.49. The van der Waals surface area contributed by atoms with Crippen LogP contribution < -0.4 is 5.73 Å². The van der Waals surface area contributed by atoms with Crippen LogP contribution in [0.1, 0.15) is 51.9 Å². The van der Waals surface area contributed by atoms with Crippen molar-refractivity contribution in [2.24, 2.45) is 11.1 Å². The van der Waals surface area contributed by atoms with Gasteiger partial charge in [-0.05, 0) is 32.6 Å². The van der Waals surface area contributed by atoms with Crippen LogP contribution in [-0.4, -0.2) is 41.1 Å². The molecule has 0 aromatic rings. The molecule has 1 saturated carbocycles. The number of likely N-dealkylation sites (tertiary alicyclic amines) is 1. The highest BCUT2D eigenvalue weighted by Gasteiger charge is 2.43. The lowest BCUT2D eigenvalue weighted by atomic mass is 9.72. The molecule has 1 aliphatic heterocycles. The molecular weight excluding hydrogens is 228 g/mol. The van der Waals surface area contributed by atoms with Gasteiger partial charge in [-0.2, -0.15) is 0 Å². The number of hydrogen-bond donors (Lipinski definition) is 2. The molecule has 1 amide bonds. The molecule has 0 spiro atoms. The van der Waals surface area contributed by atoms with Crippen molar-refractivity contribution in [3.63, 3.8) is 0 Å². The number of nitrogens with zero attached hydrogens (tertiary/aromatic N) is 1. The predicted octanol–water partition coefficient (Wildman–Crippen LogP) is 1.27. The third kappa shape index (κ3) is 2.69. The Morgan fingerprint density at radius 1 is 1.22 bits per heavy atom. The van der Waals surface area contributed by atoms with E-state index in [-0.39, 0.29) is 11.3 Å². The Hall–Kier alpha value is -0.610. The van der Waals surface area contributed by atoms with Crippen molar-refractivity contribution in [2.45, 2.75) is 57.5 Å². The minimum atomic E-state index is -0.724. The van der Waals surface area contributed by atoms with Crippen LogP contribution in [0.5, 0.6) is 0 Å². The Morgan fingerprint density at radius 3 is 2.44 bits per heavy atom. The van der Waals surface area contributed by atoms with E-state index in [1.807, 2.05) is 11.8 Å². The Morgan fingerprint density at radius 2 is 1.89 bits per heavy atom. The highest BCUT2D eigenvalue weighted by Crippen LogP contribution is 2.38. The molecule has 2 aliphatic rings. The molecule has 0 bridgehead atoms. The van der Waals surface area contributed by atoms with E-state index in [2.05, 4.69) is 0 Å². The summed E-state index contributed by atoms with van der Waals surface area (Å²) in [4.78, 5) is 14.6. The van der Waals surface area contributed by atoms with E-state index in [1.54, 1.807) is 0 Å². The lowest BCUT2D eigenvalue weighted by Crippen LogP contribution is -2.55. The number of nitrogens with two attached hydrogens (primary N) is 1. The van der Waals surface area contributed by atoms with Crippen molar-refractivity contribution in [3.05, 3.63) is 0 Å². The minimum absolute atomic E-state index is 0.185. The lowest BCUT2D eigenvalue weighted by molar-refractivity contribution is -0.150. The number of amides is 1. The Kier molecular flexibility index (Phi) is 3.97. The van der Waals surface area contributed by atoms with Gasteiger partial charge in [0.1, 0.15) is 0 Å². The Bertz CT molecular complexity index is 309. The summed E-state index contributed by atoms with van der Waals surface area (Å²) in [5, 5.41) is 10.1. The summed E-state index contributed by atoms with van der Waals surface area (Å²) in [6, 6.07) is 0. The lowest BCUT2D eigenvalue weighted by Gasteiger charge is -2.43. The fourth-order valence-corrected chi connectivity index (χ4v) is 3.46. The molecule has 4 heteroatoms. The maximum absolute atomic E-state index is 12.7. The SMILES string of the molecule is CC1(O)CCCN(C(=O)C2(CN)CCCCC2)C1. The minimum Gasteiger partial charge on any atom is -0.388 e. The molecule has 1 unspecified atom stereocenters. The van der Waals surface area contributed by atoms with Gasteiger partial charge in [-0.15, -0.1) is 0 Å². The summed E-state index contributed by atoms with van der Waals surface area (Å²) in [5.74, 6) is 0.185. The molecule has 2 fully saturated rings. The molecule has 1 aliphatic carbocycles. The highest BCUT2D eigenvalue weighted by atomic mass is 16.3. The standard InChI is InChI=1S/C14H26N2O2/c1-13(18)6-5-9-16(11-13)12(17)14(10-15)7-3-2-4-8-14/h18H,2-11,15H2,1H3. The third-order valence-electron chi connectivity index (χ3n) is 4.62. The highest BCUT2D eigenvalue weighted by molar-refractivity contribution is 5.83. The summed E-state index contributed by atoms with van der Waals surface area (Å²) in [7, 11) is 0. The van der Waals surface area contributed by atoms with Gasteiger partial charge in [-0.1, -0.05) is 19.3 Å². The molecule has 0 radical (unpaired) electrons. The maximum atomic E-state index is 12.7. The van der Waals surface area contributed by atoms with Crippen LogP contribution in [-0.2, 0) is 4.79 Å². The number of aliphatic hydroxyl groups is 1. The summed E-state index contributed by atoms with van der Waals surface area (Å²) in [6.07, 6.45) is 6.93. The van der Waals surface area contributed by atoms with Gasteiger partial charge in [0.15, 0.2) is 0 Å². The number of piperidine rings is 1. The van der Waals surface area contributed by atoms with Gasteiger partial charge in [-0.3, -0.25) is 4.79 Å². The molecule has 3 N–H and O–H groups in total. The number of β-amino-alcohol motifs (C(OH)–C–C–N with tert-alkyl or cyclic N) is 1. The van der Waals surface area contributed by atoms with Gasteiger partial charge in [0.2, 0.25) is 5.91 Å². The average molecular weight is 254 g/mol. The Labute approximate surface area is 110 Å². The van der Waals surface area contributed by atoms with Gasteiger partial charge in [0.25, 0.3) is 0 Å². The molecule has 2 rings (SSSR count). The average Bonchev–Trinajstić information content (AvgIpc) is 2.37. The molecule has 1 saturated heterocycles. The van der Waals surface area contributed by atoms with E-state index in [0.29, 0.717) is 13.1 Å². The van der Waals surface area contributed by atoms with Crippen LogP contribution in [0.15, 0.2) is 0 Å². The Balaban J connectivity index is 2.09. The molecular formula is C14H26N2O2. The van der Waals surface area contributed by atoms with E-state index in [0.717, 1.165) is 45.1 Å². The molecule has 0 aromatic carbocycles. The normalized spacial score (nSPS) is 32.3. The number of carbonyl (C=O) groups excluding carboxylic acids is 1. The van der Waals surface area contributed by atoms with Crippen molar-refractivity contribution in [2.75, 3.05) is 19.6 Å². The molecule has 4 nitrogen and oxygen atoms in total. The van der Waals surface area contributed by atoms with Crippen molar-refractivity contribution < 1.29 is 9.90 Å². The van der Waals surface area contributed by atoms with Gasteiger partial charge >= 0.3 is 0 Å². The second-order valence-corrected chi connectivity index (χ2v) is 6.37. The van der Waals surface area contributed by atoms with Gasteiger partial charge in [0.05, 0.1) is 11.0 Å². The summed E-state index contributed by atoms with van der Waals surface area (Å²) in [6.45, 7) is 3.51. The van der Waals surface area contributed by atoms with Gasteiger partial charge in [-0.25, -0.2) is 0 Å². The van der Waals surface area contributed by atoms with Crippen LogP contribution in [0.25, 0.3) is 0 Å². The fraction of sp³-hybridized carbons (Fsp3) is 0.929.